The number of phenols is 1. The second kappa shape index (κ2) is 6.75. The van der Waals surface area contributed by atoms with E-state index < -0.39 is 0 Å². The summed E-state index contributed by atoms with van der Waals surface area (Å²) >= 11 is 0. The van der Waals surface area contributed by atoms with Gasteiger partial charge in [0, 0.05) is 12.0 Å². The number of nitrogens with two attached hydrogens (primary N) is 1. The van der Waals surface area contributed by atoms with Crippen molar-refractivity contribution >= 4 is 5.69 Å². The van der Waals surface area contributed by atoms with Gasteiger partial charge in [-0.15, -0.1) is 0 Å². The number of nitrogens with one attached hydrogen (secondary N) is 1. The van der Waals surface area contributed by atoms with Crippen molar-refractivity contribution in [2.45, 2.75) is 32.6 Å². The summed E-state index contributed by atoms with van der Waals surface area (Å²) in [7, 11) is 0. The van der Waals surface area contributed by atoms with E-state index in [9.17, 15) is 5.11 Å². The maximum atomic E-state index is 9.99. The van der Waals surface area contributed by atoms with E-state index in [1.54, 1.807) is 18.3 Å². The van der Waals surface area contributed by atoms with Crippen LogP contribution in [0.5, 0.6) is 5.75 Å². The standard InChI is InChI=1S/C17H24N4O/c1-17(2,3)15-13(19-10-6-9-18)11-20-16(21-15)12-7-4-5-8-14(12)22/h4-5,7-8,11,19,22H,6,9-10,18H2,1-3H3. The summed E-state index contributed by atoms with van der Waals surface area (Å²) < 4.78 is 0. The molecule has 1 aromatic heterocycles. The van der Waals surface area contributed by atoms with Crippen molar-refractivity contribution in [2.24, 2.45) is 5.73 Å². The van der Waals surface area contributed by atoms with Crippen LogP contribution in [0.3, 0.4) is 0 Å². The summed E-state index contributed by atoms with van der Waals surface area (Å²) in [5, 5.41) is 13.3. The average Bonchev–Trinajstić information content (AvgIpc) is 2.47. The minimum atomic E-state index is -0.132. The highest BCUT2D eigenvalue weighted by Crippen LogP contribution is 2.31. The first-order valence-corrected chi connectivity index (χ1v) is 7.53. The van der Waals surface area contributed by atoms with Crippen LogP contribution >= 0.6 is 0 Å². The molecule has 0 amide bonds. The van der Waals surface area contributed by atoms with Crippen molar-refractivity contribution in [3.63, 3.8) is 0 Å². The number of benzene rings is 1. The van der Waals surface area contributed by atoms with Crippen LogP contribution in [0.1, 0.15) is 32.9 Å². The molecule has 0 radical (unpaired) electrons. The van der Waals surface area contributed by atoms with Gasteiger partial charge in [-0.05, 0) is 25.1 Å². The highest BCUT2D eigenvalue weighted by molar-refractivity contribution is 5.65. The molecule has 0 atom stereocenters. The van der Waals surface area contributed by atoms with Gasteiger partial charge in [0.2, 0.25) is 0 Å². The van der Waals surface area contributed by atoms with Gasteiger partial charge in [-0.1, -0.05) is 32.9 Å². The van der Waals surface area contributed by atoms with Crippen molar-refractivity contribution < 1.29 is 5.11 Å². The zero-order chi connectivity index (χ0) is 16.2. The zero-order valence-corrected chi connectivity index (χ0v) is 13.4. The largest absolute Gasteiger partial charge is 0.507 e. The van der Waals surface area contributed by atoms with E-state index in [1.807, 2.05) is 12.1 Å². The van der Waals surface area contributed by atoms with Crippen LogP contribution in [0, 0.1) is 0 Å². The fraction of sp³-hybridized carbons (Fsp3) is 0.412. The van der Waals surface area contributed by atoms with Crippen molar-refractivity contribution in [1.82, 2.24) is 9.97 Å². The van der Waals surface area contributed by atoms with E-state index in [-0.39, 0.29) is 11.2 Å². The molecule has 0 spiro atoms. The Labute approximate surface area is 131 Å². The number of aromatic hydroxyl groups is 1. The molecule has 5 nitrogen and oxygen atoms in total. The monoisotopic (exact) mass is 300 g/mol. The molecule has 1 heterocycles. The maximum absolute atomic E-state index is 9.99. The van der Waals surface area contributed by atoms with Gasteiger partial charge in [0.05, 0.1) is 23.1 Å². The van der Waals surface area contributed by atoms with E-state index in [0.717, 1.165) is 24.3 Å². The van der Waals surface area contributed by atoms with Crippen LogP contribution in [0.15, 0.2) is 30.5 Å². The zero-order valence-electron chi connectivity index (χ0n) is 13.4. The summed E-state index contributed by atoms with van der Waals surface area (Å²) in [6.07, 6.45) is 2.68. The number of aromatic nitrogens is 2. The fourth-order valence-electron chi connectivity index (χ4n) is 2.20. The molecule has 118 valence electrons. The Bertz CT molecular complexity index is 635. The van der Waals surface area contributed by atoms with Gasteiger partial charge in [-0.3, -0.25) is 0 Å². The second-order valence-corrected chi connectivity index (χ2v) is 6.29. The number of para-hydroxylation sites is 1. The topological polar surface area (TPSA) is 84.1 Å². The molecule has 0 aliphatic rings. The van der Waals surface area contributed by atoms with Crippen molar-refractivity contribution in [3.8, 4) is 17.1 Å². The number of rotatable bonds is 5. The van der Waals surface area contributed by atoms with Gasteiger partial charge in [0.25, 0.3) is 0 Å². The molecule has 0 fully saturated rings. The summed E-state index contributed by atoms with van der Waals surface area (Å²) in [4.78, 5) is 9.09. The molecule has 2 rings (SSSR count). The summed E-state index contributed by atoms with van der Waals surface area (Å²) in [5.74, 6) is 0.721. The minimum Gasteiger partial charge on any atom is -0.507 e. The third kappa shape index (κ3) is 3.74. The minimum absolute atomic E-state index is 0.132. The molecule has 0 aliphatic heterocycles. The third-order valence-electron chi connectivity index (χ3n) is 3.34. The molecule has 4 N–H and O–H groups in total. The molecule has 5 heteroatoms. The van der Waals surface area contributed by atoms with Gasteiger partial charge in [0.15, 0.2) is 5.82 Å². The molecule has 0 unspecified atom stereocenters. The fourth-order valence-corrected chi connectivity index (χ4v) is 2.20. The summed E-state index contributed by atoms with van der Waals surface area (Å²) in [5.41, 5.74) is 7.89. The smallest absolute Gasteiger partial charge is 0.163 e. The van der Waals surface area contributed by atoms with Crippen LogP contribution in [0.25, 0.3) is 11.4 Å². The Kier molecular flexibility index (Phi) is 4.98. The number of nitrogens with zero attached hydrogens (tertiary/aromatic N) is 2. The van der Waals surface area contributed by atoms with Gasteiger partial charge < -0.3 is 16.2 Å². The number of hydrogen-bond donors (Lipinski definition) is 3. The molecule has 0 saturated carbocycles. The Morgan fingerprint density at radius 2 is 1.95 bits per heavy atom. The maximum Gasteiger partial charge on any atom is 0.163 e. The lowest BCUT2D eigenvalue weighted by Gasteiger charge is -2.22. The van der Waals surface area contributed by atoms with Gasteiger partial charge in [-0.2, -0.15) is 0 Å². The second-order valence-electron chi connectivity index (χ2n) is 6.29. The SMILES string of the molecule is CC(C)(C)c1nc(-c2ccccc2O)ncc1NCCCN. The molecule has 1 aromatic carbocycles. The Morgan fingerprint density at radius 1 is 1.23 bits per heavy atom. The van der Waals surface area contributed by atoms with Gasteiger partial charge >= 0.3 is 0 Å². The highest BCUT2D eigenvalue weighted by Gasteiger charge is 2.22. The first kappa shape index (κ1) is 16.2. The quantitative estimate of drug-likeness (QED) is 0.739. The van der Waals surface area contributed by atoms with Gasteiger partial charge in [-0.25, -0.2) is 9.97 Å². The summed E-state index contributed by atoms with van der Waals surface area (Å²) in [6.45, 7) is 7.77. The van der Waals surface area contributed by atoms with E-state index in [4.69, 9.17) is 5.73 Å². The average molecular weight is 300 g/mol. The molecule has 22 heavy (non-hydrogen) atoms. The van der Waals surface area contributed by atoms with Crippen LogP contribution < -0.4 is 11.1 Å². The van der Waals surface area contributed by atoms with E-state index in [2.05, 4.69) is 36.1 Å². The summed E-state index contributed by atoms with van der Waals surface area (Å²) in [6, 6.07) is 7.11. The van der Waals surface area contributed by atoms with Crippen LogP contribution in [0.4, 0.5) is 5.69 Å². The number of anilines is 1. The molecule has 2 aromatic rings. The highest BCUT2D eigenvalue weighted by atomic mass is 16.3. The van der Waals surface area contributed by atoms with Crippen LogP contribution in [-0.2, 0) is 5.41 Å². The van der Waals surface area contributed by atoms with E-state index in [1.165, 1.54) is 0 Å². The van der Waals surface area contributed by atoms with Crippen molar-refractivity contribution in [3.05, 3.63) is 36.2 Å². The number of hydrogen-bond acceptors (Lipinski definition) is 5. The van der Waals surface area contributed by atoms with E-state index >= 15 is 0 Å². The van der Waals surface area contributed by atoms with Crippen LogP contribution in [-0.4, -0.2) is 28.2 Å². The van der Waals surface area contributed by atoms with Gasteiger partial charge in [0.1, 0.15) is 5.75 Å². The number of phenolic OH excluding ortho intramolecular Hbond substituents is 1. The lowest BCUT2D eigenvalue weighted by atomic mass is 9.90. The molecular weight excluding hydrogens is 276 g/mol. The molecular formula is C17H24N4O. The predicted octanol–water partition coefficient (Wildman–Crippen LogP) is 2.91. The first-order chi connectivity index (χ1) is 10.4. The lowest BCUT2D eigenvalue weighted by Crippen LogP contribution is -2.19. The normalized spacial score (nSPS) is 11.5. The third-order valence-corrected chi connectivity index (χ3v) is 3.34. The molecule has 0 bridgehead atoms. The van der Waals surface area contributed by atoms with Crippen LogP contribution in [0.2, 0.25) is 0 Å². The lowest BCUT2D eigenvalue weighted by molar-refractivity contribution is 0.476. The Balaban J connectivity index is 2.42. The predicted molar refractivity (Wildman–Crippen MR) is 90.0 cm³/mol. The van der Waals surface area contributed by atoms with Crippen molar-refractivity contribution in [2.75, 3.05) is 18.4 Å². The van der Waals surface area contributed by atoms with E-state index in [0.29, 0.717) is 17.9 Å². The Morgan fingerprint density at radius 3 is 2.59 bits per heavy atom. The molecule has 0 aliphatic carbocycles. The Hall–Kier alpha value is -2.14. The molecule has 0 saturated heterocycles. The first-order valence-electron chi connectivity index (χ1n) is 7.53. The van der Waals surface area contributed by atoms with Crippen molar-refractivity contribution in [1.29, 1.82) is 0 Å².